The maximum Gasteiger partial charge on any atom is 0.475 e. The Kier molecular flexibility index (Phi) is 14.0. The third kappa shape index (κ3) is 13.0. The van der Waals surface area contributed by atoms with Crippen LogP contribution in [0.1, 0.15) is 72.8 Å². The van der Waals surface area contributed by atoms with E-state index < -0.39 is 37.2 Å². The van der Waals surface area contributed by atoms with Crippen molar-refractivity contribution in [3.05, 3.63) is 35.9 Å². The number of hydrogen-bond donors (Lipinski definition) is 5. The zero-order valence-electron chi connectivity index (χ0n) is 22.1. The van der Waals surface area contributed by atoms with Gasteiger partial charge in [-0.1, -0.05) is 71.9 Å². The van der Waals surface area contributed by atoms with Crippen LogP contribution in [0.15, 0.2) is 30.3 Å². The van der Waals surface area contributed by atoms with E-state index in [9.17, 15) is 24.7 Å². The summed E-state index contributed by atoms with van der Waals surface area (Å²) in [5.74, 6) is -1.11. The Morgan fingerprint density at radius 1 is 0.857 bits per heavy atom. The van der Waals surface area contributed by atoms with E-state index in [1.807, 2.05) is 71.9 Å². The smallest absolute Gasteiger partial charge is 0.445 e. The van der Waals surface area contributed by atoms with Crippen molar-refractivity contribution in [1.29, 1.82) is 0 Å². The number of carbonyl (C=O) groups is 2. The molecular weight excluding hydrogens is 447 g/mol. The van der Waals surface area contributed by atoms with Crippen LogP contribution < -0.4 is 10.6 Å². The molecule has 0 fully saturated rings. The van der Waals surface area contributed by atoms with Gasteiger partial charge in [0.2, 0.25) is 5.91 Å². The minimum Gasteiger partial charge on any atom is -0.445 e. The molecule has 2 amide bonds. The summed E-state index contributed by atoms with van der Waals surface area (Å²) in [4.78, 5) is 25.5. The van der Waals surface area contributed by atoms with E-state index >= 15 is 0 Å². The highest BCUT2D eigenvalue weighted by molar-refractivity contribution is 6.43. The normalized spacial score (nSPS) is 15.0. The van der Waals surface area contributed by atoms with E-state index in [1.165, 1.54) is 0 Å². The van der Waals surface area contributed by atoms with E-state index in [2.05, 4.69) is 10.6 Å². The Hall–Kier alpha value is -2.10. The topological polar surface area (TPSA) is 128 Å². The number of aliphatic hydroxyl groups excluding tert-OH is 1. The summed E-state index contributed by atoms with van der Waals surface area (Å²) < 4.78 is 5.33. The first-order chi connectivity index (χ1) is 16.4. The maximum atomic E-state index is 13.1. The van der Waals surface area contributed by atoms with Gasteiger partial charge in [-0.05, 0) is 49.0 Å². The largest absolute Gasteiger partial charge is 0.475 e. The van der Waals surface area contributed by atoms with Crippen LogP contribution in [0.5, 0.6) is 0 Å². The molecule has 0 aromatic heterocycles. The molecule has 0 aliphatic carbocycles. The molecule has 0 aliphatic rings. The van der Waals surface area contributed by atoms with Crippen molar-refractivity contribution < 1.29 is 29.5 Å². The van der Waals surface area contributed by atoms with Crippen LogP contribution in [0.4, 0.5) is 4.79 Å². The highest BCUT2D eigenvalue weighted by atomic mass is 16.5. The summed E-state index contributed by atoms with van der Waals surface area (Å²) >= 11 is 0. The Bertz CT molecular complexity index is 745. The fourth-order valence-electron chi connectivity index (χ4n) is 4.13. The Labute approximate surface area is 211 Å². The fourth-order valence-corrected chi connectivity index (χ4v) is 4.13. The van der Waals surface area contributed by atoms with E-state index in [4.69, 9.17) is 4.74 Å². The molecule has 1 aromatic rings. The van der Waals surface area contributed by atoms with Crippen molar-refractivity contribution in [3.8, 4) is 0 Å². The molecule has 9 heteroatoms. The van der Waals surface area contributed by atoms with Gasteiger partial charge >= 0.3 is 13.2 Å². The number of aliphatic hydroxyl groups is 1. The Balaban J connectivity index is 2.86. The Morgan fingerprint density at radius 3 is 1.94 bits per heavy atom. The van der Waals surface area contributed by atoms with Crippen LogP contribution in [0.25, 0.3) is 0 Å². The van der Waals surface area contributed by atoms with Crippen molar-refractivity contribution in [2.75, 3.05) is 0 Å². The number of nitrogens with one attached hydrogen (secondary N) is 2. The molecule has 1 unspecified atom stereocenters. The van der Waals surface area contributed by atoms with Crippen LogP contribution in [0.2, 0.25) is 0 Å². The molecular formula is C26H45BN2O6. The van der Waals surface area contributed by atoms with Crippen LogP contribution in [0.3, 0.4) is 0 Å². The summed E-state index contributed by atoms with van der Waals surface area (Å²) in [6.45, 7) is 12.0. The molecule has 4 atom stereocenters. The van der Waals surface area contributed by atoms with Crippen LogP contribution in [-0.2, 0) is 16.1 Å². The second-order valence-electron chi connectivity index (χ2n) is 10.7. The molecule has 0 radical (unpaired) electrons. The van der Waals surface area contributed by atoms with Gasteiger partial charge in [0.25, 0.3) is 0 Å². The zero-order valence-corrected chi connectivity index (χ0v) is 22.1. The van der Waals surface area contributed by atoms with Crippen molar-refractivity contribution >= 4 is 19.1 Å². The van der Waals surface area contributed by atoms with Gasteiger partial charge in [-0.3, -0.25) is 4.79 Å². The number of amides is 2. The summed E-state index contributed by atoms with van der Waals surface area (Å²) in [6.07, 6.45) is -0.00152. The molecule has 0 aliphatic heterocycles. The van der Waals surface area contributed by atoms with E-state index in [0.29, 0.717) is 19.3 Å². The van der Waals surface area contributed by atoms with Gasteiger partial charge in [0, 0.05) is 5.92 Å². The minimum absolute atomic E-state index is 0.121. The van der Waals surface area contributed by atoms with Crippen LogP contribution in [0, 0.1) is 23.7 Å². The van der Waals surface area contributed by atoms with Gasteiger partial charge < -0.3 is 30.5 Å². The monoisotopic (exact) mass is 492 g/mol. The highest BCUT2D eigenvalue weighted by Crippen LogP contribution is 2.22. The van der Waals surface area contributed by atoms with Gasteiger partial charge in [0.05, 0.1) is 18.1 Å². The lowest BCUT2D eigenvalue weighted by Gasteiger charge is -2.30. The van der Waals surface area contributed by atoms with E-state index in [-0.39, 0.29) is 36.7 Å². The van der Waals surface area contributed by atoms with Crippen molar-refractivity contribution in [3.63, 3.8) is 0 Å². The standard InChI is InChI=1S/C26H45BN2O6/c1-17(2)12-21(25(31)29-24(27(33)34)14-19(5)6)15-23(30)22(13-18(3)4)28-26(32)35-16-20-10-8-7-9-11-20/h7-11,17-19,21-24,30,33-34H,12-16H2,1-6H3,(H,28,32)(H,29,31)/t21-,22+,23?,24+/m1/s1. The molecule has 0 saturated heterocycles. The van der Waals surface area contributed by atoms with Crippen LogP contribution >= 0.6 is 0 Å². The quantitative estimate of drug-likeness (QED) is 0.239. The molecule has 198 valence electrons. The third-order valence-electron chi connectivity index (χ3n) is 5.77. The fraction of sp³-hybridized carbons (Fsp3) is 0.692. The van der Waals surface area contributed by atoms with Gasteiger partial charge in [-0.2, -0.15) is 0 Å². The molecule has 0 saturated carbocycles. The lowest BCUT2D eigenvalue weighted by atomic mass is 9.74. The van der Waals surface area contributed by atoms with E-state index in [0.717, 1.165) is 5.56 Å². The van der Waals surface area contributed by atoms with Crippen molar-refractivity contribution in [1.82, 2.24) is 10.6 Å². The summed E-state index contributed by atoms with van der Waals surface area (Å²) in [7, 11) is -1.67. The second kappa shape index (κ2) is 15.8. The molecule has 35 heavy (non-hydrogen) atoms. The highest BCUT2D eigenvalue weighted by Gasteiger charge is 2.33. The molecule has 1 rings (SSSR count). The molecule has 0 spiro atoms. The van der Waals surface area contributed by atoms with Gasteiger partial charge in [-0.25, -0.2) is 4.79 Å². The lowest BCUT2D eigenvalue weighted by molar-refractivity contribution is -0.127. The number of alkyl carbamates (subject to hydrolysis) is 1. The molecule has 0 bridgehead atoms. The first-order valence-corrected chi connectivity index (χ1v) is 12.7. The lowest BCUT2D eigenvalue weighted by Crippen LogP contribution is -2.50. The first kappa shape index (κ1) is 30.9. The average Bonchev–Trinajstić information content (AvgIpc) is 2.76. The van der Waals surface area contributed by atoms with Crippen molar-refractivity contribution in [2.45, 2.75) is 91.9 Å². The maximum absolute atomic E-state index is 13.1. The predicted molar refractivity (Wildman–Crippen MR) is 138 cm³/mol. The molecule has 0 heterocycles. The summed E-state index contributed by atoms with van der Waals surface area (Å²) in [6, 6.07) is 8.74. The number of ether oxygens (including phenoxy) is 1. The van der Waals surface area contributed by atoms with E-state index in [1.54, 1.807) is 0 Å². The number of carbonyl (C=O) groups excluding carboxylic acids is 2. The van der Waals surface area contributed by atoms with Gasteiger partial charge in [0.15, 0.2) is 0 Å². The first-order valence-electron chi connectivity index (χ1n) is 12.7. The Morgan fingerprint density at radius 2 is 1.43 bits per heavy atom. The predicted octanol–water partition coefficient (Wildman–Crippen LogP) is 3.28. The third-order valence-corrected chi connectivity index (χ3v) is 5.77. The minimum atomic E-state index is -1.67. The van der Waals surface area contributed by atoms with Gasteiger partial charge in [-0.15, -0.1) is 0 Å². The number of benzene rings is 1. The zero-order chi connectivity index (χ0) is 26.5. The SMILES string of the molecule is CC(C)C[C@H](CC(O)[C@H](CC(C)C)NC(=O)OCc1ccccc1)C(=O)N[C@@H](CC(C)C)B(O)O. The van der Waals surface area contributed by atoms with Gasteiger partial charge in [0.1, 0.15) is 6.61 Å². The molecule has 8 nitrogen and oxygen atoms in total. The van der Waals surface area contributed by atoms with Crippen molar-refractivity contribution in [2.24, 2.45) is 23.7 Å². The van der Waals surface area contributed by atoms with Crippen LogP contribution in [-0.4, -0.2) is 52.4 Å². The number of rotatable bonds is 15. The molecule has 5 N–H and O–H groups in total. The number of hydrogen-bond acceptors (Lipinski definition) is 6. The average molecular weight is 492 g/mol. The summed E-state index contributed by atoms with van der Waals surface area (Å²) in [5.41, 5.74) is 0.860. The summed E-state index contributed by atoms with van der Waals surface area (Å²) in [5, 5.41) is 36.0. The molecule has 1 aromatic carbocycles. The second-order valence-corrected chi connectivity index (χ2v) is 10.7.